The van der Waals surface area contributed by atoms with Crippen LogP contribution in [0.25, 0.3) is 0 Å². The van der Waals surface area contributed by atoms with E-state index in [0.29, 0.717) is 18.2 Å². The average molecular weight is 165 g/mol. The second-order valence-corrected chi connectivity index (χ2v) is 2.47. The Balaban J connectivity index is 2.83. The van der Waals surface area contributed by atoms with E-state index in [1.165, 1.54) is 4.68 Å². The number of rotatable bonds is 2. The fourth-order valence-electron chi connectivity index (χ4n) is 0.792. The van der Waals surface area contributed by atoms with Crippen molar-refractivity contribution in [3.8, 4) is 12.3 Å². The van der Waals surface area contributed by atoms with Crippen LogP contribution in [0.3, 0.4) is 0 Å². The Kier molecular flexibility index (Phi) is 2.31. The summed E-state index contributed by atoms with van der Waals surface area (Å²) in [4.78, 5) is 3.94. The van der Waals surface area contributed by atoms with Gasteiger partial charge in [0.2, 0.25) is 5.95 Å². The maximum Gasteiger partial charge on any atom is 0.218 e. The monoisotopic (exact) mass is 165 g/mol. The van der Waals surface area contributed by atoms with E-state index in [2.05, 4.69) is 16.0 Å². The van der Waals surface area contributed by atoms with Gasteiger partial charge in [0.05, 0.1) is 6.04 Å². The second-order valence-electron chi connectivity index (χ2n) is 2.47. The summed E-state index contributed by atoms with van der Waals surface area (Å²) in [7, 11) is 1.70. The molecule has 1 aromatic rings. The highest BCUT2D eigenvalue weighted by Gasteiger charge is 2.11. The lowest BCUT2D eigenvalue weighted by Gasteiger charge is -1.99. The van der Waals surface area contributed by atoms with E-state index < -0.39 is 0 Å². The molecule has 0 aromatic carbocycles. The molecule has 1 atom stereocenters. The summed E-state index contributed by atoms with van der Waals surface area (Å²) in [5, 5.41) is 3.99. The molecule has 0 fully saturated rings. The van der Waals surface area contributed by atoms with E-state index >= 15 is 0 Å². The van der Waals surface area contributed by atoms with Crippen molar-refractivity contribution in [2.45, 2.75) is 12.5 Å². The summed E-state index contributed by atoms with van der Waals surface area (Å²) in [6, 6.07) is -0.321. The van der Waals surface area contributed by atoms with Crippen LogP contribution in [-0.2, 0) is 7.05 Å². The minimum atomic E-state index is -0.321. The highest BCUT2D eigenvalue weighted by atomic mass is 15.4. The van der Waals surface area contributed by atoms with Gasteiger partial charge < -0.3 is 11.5 Å². The third-order valence-corrected chi connectivity index (χ3v) is 1.48. The number of hydrogen-bond acceptors (Lipinski definition) is 4. The molecule has 0 radical (unpaired) electrons. The number of nitrogens with two attached hydrogens (primary N) is 2. The largest absolute Gasteiger partial charge is 0.368 e. The lowest BCUT2D eigenvalue weighted by Crippen LogP contribution is -2.11. The topological polar surface area (TPSA) is 82.7 Å². The van der Waals surface area contributed by atoms with Crippen LogP contribution in [0.15, 0.2) is 0 Å². The molecule has 1 unspecified atom stereocenters. The summed E-state index contributed by atoms with van der Waals surface area (Å²) in [5.41, 5.74) is 11.1. The lowest BCUT2D eigenvalue weighted by molar-refractivity contribution is 0.666. The van der Waals surface area contributed by atoms with Crippen LogP contribution in [0.4, 0.5) is 5.95 Å². The zero-order chi connectivity index (χ0) is 9.14. The van der Waals surface area contributed by atoms with Gasteiger partial charge in [0.25, 0.3) is 0 Å². The highest BCUT2D eigenvalue weighted by molar-refractivity contribution is 5.17. The fourth-order valence-corrected chi connectivity index (χ4v) is 0.792. The van der Waals surface area contributed by atoms with Gasteiger partial charge in [0.1, 0.15) is 0 Å². The molecule has 0 amide bonds. The van der Waals surface area contributed by atoms with Crippen molar-refractivity contribution in [2.75, 3.05) is 5.73 Å². The predicted molar refractivity (Wildman–Crippen MR) is 45.8 cm³/mol. The van der Waals surface area contributed by atoms with E-state index in [-0.39, 0.29) is 6.04 Å². The van der Waals surface area contributed by atoms with Gasteiger partial charge in [0, 0.05) is 13.5 Å². The minimum absolute atomic E-state index is 0.321. The standard InChI is InChI=1S/C7H11N5/c1-3-4-5(8)6-10-7(9)12(2)11-6/h1,5H,4,8H2,2H3,(H2,9,10,11). The van der Waals surface area contributed by atoms with E-state index in [0.717, 1.165) is 0 Å². The second kappa shape index (κ2) is 3.24. The zero-order valence-corrected chi connectivity index (χ0v) is 6.86. The molecule has 1 heterocycles. The van der Waals surface area contributed by atoms with Crippen molar-refractivity contribution in [3.63, 3.8) is 0 Å². The van der Waals surface area contributed by atoms with Crippen molar-refractivity contribution >= 4 is 5.95 Å². The smallest absolute Gasteiger partial charge is 0.218 e. The van der Waals surface area contributed by atoms with Crippen molar-refractivity contribution in [2.24, 2.45) is 12.8 Å². The number of nitrogens with zero attached hydrogens (tertiary/aromatic N) is 3. The van der Waals surface area contributed by atoms with Gasteiger partial charge in [0.15, 0.2) is 5.82 Å². The number of aryl methyl sites for hydroxylation is 1. The molecular formula is C7H11N5. The minimum Gasteiger partial charge on any atom is -0.368 e. The number of anilines is 1. The first-order chi connectivity index (χ1) is 5.65. The molecule has 1 aromatic heterocycles. The van der Waals surface area contributed by atoms with Crippen LogP contribution in [0.2, 0.25) is 0 Å². The molecule has 5 heteroatoms. The van der Waals surface area contributed by atoms with Gasteiger partial charge in [-0.2, -0.15) is 10.1 Å². The molecular weight excluding hydrogens is 154 g/mol. The third kappa shape index (κ3) is 1.54. The van der Waals surface area contributed by atoms with Crippen molar-refractivity contribution in [1.29, 1.82) is 0 Å². The Morgan fingerprint density at radius 1 is 1.75 bits per heavy atom. The average Bonchev–Trinajstić information content (AvgIpc) is 2.33. The van der Waals surface area contributed by atoms with Crippen molar-refractivity contribution in [1.82, 2.24) is 14.8 Å². The number of terminal acetylenes is 1. The van der Waals surface area contributed by atoms with Crippen molar-refractivity contribution in [3.05, 3.63) is 5.82 Å². The summed E-state index contributed by atoms with van der Waals surface area (Å²) in [5.74, 6) is 3.28. The van der Waals surface area contributed by atoms with E-state index in [4.69, 9.17) is 17.9 Å². The highest BCUT2D eigenvalue weighted by Crippen LogP contribution is 2.09. The van der Waals surface area contributed by atoms with E-state index in [9.17, 15) is 0 Å². The van der Waals surface area contributed by atoms with Gasteiger partial charge in [-0.3, -0.25) is 0 Å². The van der Waals surface area contributed by atoms with Gasteiger partial charge in [-0.1, -0.05) is 0 Å². The number of aromatic nitrogens is 3. The summed E-state index contributed by atoms with van der Waals surface area (Å²) >= 11 is 0. The third-order valence-electron chi connectivity index (χ3n) is 1.48. The molecule has 1 rings (SSSR count). The maximum atomic E-state index is 5.65. The van der Waals surface area contributed by atoms with Crippen molar-refractivity contribution < 1.29 is 0 Å². The molecule has 0 saturated carbocycles. The summed E-state index contributed by atoms with van der Waals surface area (Å²) < 4.78 is 1.46. The Hall–Kier alpha value is -1.54. The fraction of sp³-hybridized carbons (Fsp3) is 0.429. The van der Waals surface area contributed by atoms with E-state index in [1.807, 2.05) is 0 Å². The summed E-state index contributed by atoms with van der Waals surface area (Å²) in [6.07, 6.45) is 5.51. The van der Waals surface area contributed by atoms with Crippen LogP contribution in [-0.4, -0.2) is 14.8 Å². The van der Waals surface area contributed by atoms with Crippen LogP contribution in [0.5, 0.6) is 0 Å². The molecule has 0 aliphatic carbocycles. The van der Waals surface area contributed by atoms with Crippen LogP contribution >= 0.6 is 0 Å². The zero-order valence-electron chi connectivity index (χ0n) is 6.86. The van der Waals surface area contributed by atoms with Gasteiger partial charge in [-0.05, 0) is 0 Å². The Morgan fingerprint density at radius 2 is 2.42 bits per heavy atom. The quantitative estimate of drug-likeness (QED) is 0.574. The Labute approximate surface area is 70.8 Å². The van der Waals surface area contributed by atoms with E-state index in [1.54, 1.807) is 7.05 Å². The first-order valence-electron chi connectivity index (χ1n) is 3.50. The molecule has 64 valence electrons. The normalized spacial score (nSPS) is 12.4. The first kappa shape index (κ1) is 8.56. The molecule has 12 heavy (non-hydrogen) atoms. The van der Waals surface area contributed by atoms with Crippen LogP contribution in [0.1, 0.15) is 18.3 Å². The SMILES string of the molecule is C#CCC(N)c1nc(N)n(C)n1. The number of nitrogen functional groups attached to an aromatic ring is 1. The van der Waals surface area contributed by atoms with Crippen LogP contribution in [0, 0.1) is 12.3 Å². The molecule has 0 aliphatic rings. The Bertz CT molecular complexity index is 289. The molecule has 0 bridgehead atoms. The lowest BCUT2D eigenvalue weighted by atomic mass is 10.2. The van der Waals surface area contributed by atoms with Crippen LogP contribution < -0.4 is 11.5 Å². The first-order valence-corrected chi connectivity index (χ1v) is 3.50. The maximum absolute atomic E-state index is 5.65. The van der Waals surface area contributed by atoms with Gasteiger partial charge in [-0.15, -0.1) is 12.3 Å². The molecule has 5 nitrogen and oxygen atoms in total. The molecule has 0 spiro atoms. The predicted octanol–water partition coefficient (Wildman–Crippen LogP) is -0.580. The molecule has 4 N–H and O–H groups in total. The Morgan fingerprint density at radius 3 is 2.83 bits per heavy atom. The molecule has 0 saturated heterocycles. The number of hydrogen-bond donors (Lipinski definition) is 2. The molecule has 0 aliphatic heterocycles. The van der Waals surface area contributed by atoms with Gasteiger partial charge in [-0.25, -0.2) is 4.68 Å². The summed E-state index contributed by atoms with van der Waals surface area (Å²) in [6.45, 7) is 0. The van der Waals surface area contributed by atoms with Gasteiger partial charge >= 0.3 is 0 Å².